The molecule has 1 fully saturated rings. The van der Waals surface area contributed by atoms with Crippen LogP contribution in [0.3, 0.4) is 0 Å². The monoisotopic (exact) mass is 311 g/mol. The molecule has 0 bridgehead atoms. The van der Waals surface area contributed by atoms with Gasteiger partial charge in [0.25, 0.3) is 0 Å². The average Bonchev–Trinajstić information content (AvgIpc) is 2.45. The maximum Gasteiger partial charge on any atom is 0.248 e. The number of carbonyl (C=O) groups is 2. The second-order valence-electron chi connectivity index (χ2n) is 5.41. The normalized spacial score (nSPS) is 21.2. The Labute approximate surface area is 130 Å². The predicted molar refractivity (Wildman–Crippen MR) is 84.0 cm³/mol. The summed E-state index contributed by atoms with van der Waals surface area (Å²) in [4.78, 5) is 23.2. The molecule has 1 aliphatic carbocycles. The number of primary amides is 1. The van der Waals surface area contributed by atoms with Crippen molar-refractivity contribution in [3.63, 3.8) is 0 Å². The van der Waals surface area contributed by atoms with Crippen LogP contribution in [0.1, 0.15) is 41.6 Å². The Morgan fingerprint density at radius 1 is 1.29 bits per heavy atom. The lowest BCUT2D eigenvalue weighted by atomic mass is 9.85. The van der Waals surface area contributed by atoms with E-state index in [0.717, 1.165) is 31.2 Å². The van der Waals surface area contributed by atoms with Gasteiger partial charge in [0.15, 0.2) is 0 Å². The first kappa shape index (κ1) is 17.5. The minimum Gasteiger partial charge on any atom is -0.366 e. The van der Waals surface area contributed by atoms with Gasteiger partial charge in [0, 0.05) is 24.1 Å². The van der Waals surface area contributed by atoms with E-state index < -0.39 is 5.91 Å². The Hall–Kier alpha value is -1.59. The molecule has 1 aromatic carbocycles. The number of nitrogens with one attached hydrogen (secondary N) is 1. The molecule has 0 radical (unpaired) electrons. The van der Waals surface area contributed by atoms with Crippen LogP contribution in [0.4, 0.5) is 0 Å². The van der Waals surface area contributed by atoms with Gasteiger partial charge in [0.1, 0.15) is 0 Å². The Bertz CT molecular complexity index is 507. The number of benzene rings is 1. The highest BCUT2D eigenvalue weighted by molar-refractivity contribution is 5.92. The van der Waals surface area contributed by atoms with Crippen molar-refractivity contribution in [1.29, 1.82) is 0 Å². The van der Waals surface area contributed by atoms with Gasteiger partial charge in [-0.2, -0.15) is 0 Å². The number of rotatable bonds is 4. The van der Waals surface area contributed by atoms with E-state index in [-0.39, 0.29) is 30.3 Å². The van der Waals surface area contributed by atoms with Gasteiger partial charge in [-0.25, -0.2) is 0 Å². The largest absolute Gasteiger partial charge is 0.366 e. The summed E-state index contributed by atoms with van der Waals surface area (Å²) in [5.41, 5.74) is 12.4. The lowest BCUT2D eigenvalue weighted by Gasteiger charge is -2.25. The molecule has 0 spiro atoms. The second kappa shape index (κ2) is 8.00. The summed E-state index contributed by atoms with van der Waals surface area (Å²) < 4.78 is 0. The molecule has 21 heavy (non-hydrogen) atoms. The zero-order chi connectivity index (χ0) is 14.5. The Balaban J connectivity index is 0.00000220. The molecule has 0 aromatic heterocycles. The van der Waals surface area contributed by atoms with Gasteiger partial charge in [-0.05, 0) is 37.0 Å². The van der Waals surface area contributed by atoms with E-state index in [1.807, 2.05) is 6.07 Å². The van der Waals surface area contributed by atoms with Crippen molar-refractivity contribution >= 4 is 24.2 Å². The Kier molecular flexibility index (Phi) is 6.65. The summed E-state index contributed by atoms with van der Waals surface area (Å²) in [6.07, 6.45) is 3.68. The van der Waals surface area contributed by atoms with Gasteiger partial charge in [-0.15, -0.1) is 12.4 Å². The molecule has 0 heterocycles. The van der Waals surface area contributed by atoms with Gasteiger partial charge < -0.3 is 16.8 Å². The first-order valence-corrected chi connectivity index (χ1v) is 6.98. The summed E-state index contributed by atoms with van der Waals surface area (Å²) in [5.74, 6) is -0.404. The van der Waals surface area contributed by atoms with Crippen molar-refractivity contribution in [2.24, 2.45) is 17.4 Å². The zero-order valence-corrected chi connectivity index (χ0v) is 12.7. The summed E-state index contributed by atoms with van der Waals surface area (Å²) >= 11 is 0. The van der Waals surface area contributed by atoms with Crippen LogP contribution in [0.15, 0.2) is 24.3 Å². The van der Waals surface area contributed by atoms with Crippen LogP contribution in [0.5, 0.6) is 0 Å². The van der Waals surface area contributed by atoms with E-state index in [9.17, 15) is 9.59 Å². The molecule has 1 aromatic rings. The molecule has 2 amide bonds. The molecule has 2 rings (SSSR count). The molecule has 2 unspecified atom stereocenters. The highest BCUT2D eigenvalue weighted by Gasteiger charge is 2.24. The van der Waals surface area contributed by atoms with Gasteiger partial charge in [0.05, 0.1) is 0 Å². The molecule has 0 aliphatic heterocycles. The van der Waals surface area contributed by atoms with E-state index in [1.165, 1.54) is 0 Å². The molecule has 5 nitrogen and oxygen atoms in total. The van der Waals surface area contributed by atoms with Crippen molar-refractivity contribution < 1.29 is 9.59 Å². The van der Waals surface area contributed by atoms with Crippen LogP contribution < -0.4 is 16.8 Å². The molecule has 0 saturated heterocycles. The summed E-state index contributed by atoms with van der Waals surface area (Å²) in [6, 6.07) is 7.12. The lowest BCUT2D eigenvalue weighted by molar-refractivity contribution is -0.126. The molecule has 1 aliphatic rings. The van der Waals surface area contributed by atoms with Crippen LogP contribution in [0.25, 0.3) is 0 Å². The van der Waals surface area contributed by atoms with Gasteiger partial charge in [0.2, 0.25) is 11.8 Å². The lowest BCUT2D eigenvalue weighted by Crippen LogP contribution is -2.37. The van der Waals surface area contributed by atoms with Crippen LogP contribution >= 0.6 is 12.4 Å². The fourth-order valence-electron chi connectivity index (χ4n) is 2.63. The fraction of sp³-hybridized carbons (Fsp3) is 0.467. The topological polar surface area (TPSA) is 98.2 Å². The third-order valence-corrected chi connectivity index (χ3v) is 3.76. The van der Waals surface area contributed by atoms with Gasteiger partial charge in [-0.3, -0.25) is 9.59 Å². The molecule has 5 N–H and O–H groups in total. The fourth-order valence-corrected chi connectivity index (χ4v) is 2.63. The molecule has 116 valence electrons. The zero-order valence-electron chi connectivity index (χ0n) is 11.9. The van der Waals surface area contributed by atoms with Crippen molar-refractivity contribution in [1.82, 2.24) is 5.32 Å². The molecular weight excluding hydrogens is 290 g/mol. The summed E-state index contributed by atoms with van der Waals surface area (Å²) in [5, 5.41) is 2.91. The van der Waals surface area contributed by atoms with Crippen LogP contribution in [-0.2, 0) is 11.3 Å². The summed E-state index contributed by atoms with van der Waals surface area (Å²) in [6.45, 7) is 0.408. The Morgan fingerprint density at radius 2 is 2.05 bits per heavy atom. The average molecular weight is 312 g/mol. The number of hydrogen-bond acceptors (Lipinski definition) is 3. The van der Waals surface area contributed by atoms with E-state index >= 15 is 0 Å². The van der Waals surface area contributed by atoms with Crippen molar-refractivity contribution in [2.75, 3.05) is 0 Å². The Morgan fingerprint density at radius 3 is 2.71 bits per heavy atom. The van der Waals surface area contributed by atoms with E-state index in [4.69, 9.17) is 11.5 Å². The number of carbonyl (C=O) groups excluding carboxylic acids is 2. The van der Waals surface area contributed by atoms with E-state index in [2.05, 4.69) is 5.32 Å². The van der Waals surface area contributed by atoms with Gasteiger partial charge in [-0.1, -0.05) is 18.6 Å². The van der Waals surface area contributed by atoms with Crippen molar-refractivity contribution in [2.45, 2.75) is 38.3 Å². The minimum atomic E-state index is -0.462. The molecule has 1 saturated carbocycles. The van der Waals surface area contributed by atoms with Crippen LogP contribution in [0.2, 0.25) is 0 Å². The second-order valence-corrected chi connectivity index (χ2v) is 5.41. The molecule has 2 atom stereocenters. The first-order valence-electron chi connectivity index (χ1n) is 6.98. The van der Waals surface area contributed by atoms with Gasteiger partial charge >= 0.3 is 0 Å². The number of nitrogens with two attached hydrogens (primary N) is 2. The van der Waals surface area contributed by atoms with Crippen molar-refractivity contribution in [3.8, 4) is 0 Å². The number of halogens is 1. The standard InChI is InChI=1S/C15H21N3O2.ClH/c16-13-6-2-5-12(8-13)15(20)18-9-10-3-1-4-11(7-10)14(17)19;/h1,3-4,7,12-13H,2,5-6,8-9,16H2,(H2,17,19)(H,18,20);1H. The third-order valence-electron chi connectivity index (χ3n) is 3.76. The highest BCUT2D eigenvalue weighted by Crippen LogP contribution is 2.23. The van der Waals surface area contributed by atoms with Crippen molar-refractivity contribution in [3.05, 3.63) is 35.4 Å². The van der Waals surface area contributed by atoms with Crippen LogP contribution in [0, 0.1) is 5.92 Å². The maximum atomic E-state index is 12.1. The third kappa shape index (κ3) is 5.02. The predicted octanol–water partition coefficient (Wildman–Crippen LogP) is 1.34. The summed E-state index contributed by atoms with van der Waals surface area (Å²) in [7, 11) is 0. The van der Waals surface area contributed by atoms with E-state index in [0.29, 0.717) is 12.1 Å². The highest BCUT2D eigenvalue weighted by atomic mass is 35.5. The molecular formula is C15H22ClN3O2. The number of hydrogen-bond donors (Lipinski definition) is 3. The smallest absolute Gasteiger partial charge is 0.248 e. The molecule has 6 heteroatoms. The SMILES string of the molecule is Cl.NC(=O)c1cccc(CNC(=O)C2CCCC(N)C2)c1. The maximum absolute atomic E-state index is 12.1. The van der Waals surface area contributed by atoms with Crippen LogP contribution in [-0.4, -0.2) is 17.9 Å². The van der Waals surface area contributed by atoms with E-state index in [1.54, 1.807) is 18.2 Å². The number of amides is 2. The quantitative estimate of drug-likeness (QED) is 0.782. The minimum absolute atomic E-state index is 0. The first-order chi connectivity index (χ1) is 9.56.